The molecule has 4 heteroatoms. The lowest BCUT2D eigenvalue weighted by molar-refractivity contribution is 0.150. The molecule has 0 spiro atoms. The van der Waals surface area contributed by atoms with Gasteiger partial charge < -0.3 is 14.8 Å². The molecule has 0 saturated carbocycles. The third-order valence-electron chi connectivity index (χ3n) is 4.05. The Labute approximate surface area is 117 Å². The summed E-state index contributed by atoms with van der Waals surface area (Å²) in [6, 6.07) is 2.69. The van der Waals surface area contributed by atoms with E-state index in [0.29, 0.717) is 6.04 Å². The number of piperazine rings is 1. The van der Waals surface area contributed by atoms with Gasteiger partial charge in [-0.15, -0.1) is 0 Å². The summed E-state index contributed by atoms with van der Waals surface area (Å²) in [5, 5.41) is 3.46. The molecule has 1 atom stereocenters. The zero-order valence-corrected chi connectivity index (χ0v) is 12.6. The van der Waals surface area contributed by atoms with E-state index in [4.69, 9.17) is 0 Å². The molecular weight excluding hydrogens is 236 g/mol. The molecule has 0 amide bonds. The van der Waals surface area contributed by atoms with Gasteiger partial charge in [-0.3, -0.25) is 4.90 Å². The minimum Gasteiger partial charge on any atom is -0.353 e. The second-order valence-electron chi connectivity index (χ2n) is 5.61. The lowest BCUT2D eigenvalue weighted by Crippen LogP contribution is -2.45. The van der Waals surface area contributed by atoms with E-state index in [1.54, 1.807) is 0 Å². The van der Waals surface area contributed by atoms with Crippen molar-refractivity contribution >= 4 is 0 Å². The number of rotatable bonds is 6. The molecule has 0 radical (unpaired) electrons. The van der Waals surface area contributed by atoms with Crippen LogP contribution in [0, 0.1) is 0 Å². The van der Waals surface area contributed by atoms with Gasteiger partial charge in [-0.25, -0.2) is 0 Å². The largest absolute Gasteiger partial charge is 0.353 e. The van der Waals surface area contributed by atoms with Crippen molar-refractivity contribution in [2.24, 2.45) is 0 Å². The Morgan fingerprint density at radius 2 is 1.95 bits per heavy atom. The Balaban J connectivity index is 1.77. The zero-order chi connectivity index (χ0) is 13.7. The number of aromatic nitrogens is 1. The summed E-state index contributed by atoms with van der Waals surface area (Å²) in [4.78, 5) is 4.97. The molecule has 108 valence electrons. The summed E-state index contributed by atoms with van der Waals surface area (Å²) in [6.45, 7) is 12.5. The second kappa shape index (κ2) is 7.08. The average molecular weight is 264 g/mol. The van der Waals surface area contributed by atoms with Crippen LogP contribution in [0.2, 0.25) is 0 Å². The highest BCUT2D eigenvalue weighted by atomic mass is 15.2. The van der Waals surface area contributed by atoms with E-state index < -0.39 is 0 Å². The van der Waals surface area contributed by atoms with Gasteiger partial charge in [0.2, 0.25) is 0 Å². The second-order valence-corrected chi connectivity index (χ2v) is 5.61. The molecule has 0 aromatic carbocycles. The summed E-state index contributed by atoms with van der Waals surface area (Å²) in [5.41, 5.74) is 1.39. The molecule has 1 saturated heterocycles. The predicted octanol–water partition coefficient (Wildman–Crippen LogP) is 1.41. The maximum Gasteiger partial charge on any atom is 0.0347 e. The van der Waals surface area contributed by atoms with Crippen LogP contribution in [0.3, 0.4) is 0 Å². The number of hydrogen-bond acceptors (Lipinski definition) is 3. The summed E-state index contributed by atoms with van der Waals surface area (Å²) in [7, 11) is 2.21. The molecule has 1 N–H and O–H groups in total. The maximum absolute atomic E-state index is 3.46. The first-order valence-corrected chi connectivity index (χ1v) is 7.49. The normalized spacial score (nSPS) is 19.7. The van der Waals surface area contributed by atoms with E-state index in [1.807, 2.05) is 0 Å². The smallest absolute Gasteiger partial charge is 0.0347 e. The number of nitrogens with zero attached hydrogens (tertiary/aromatic N) is 3. The van der Waals surface area contributed by atoms with Crippen molar-refractivity contribution in [3.05, 3.63) is 24.0 Å². The van der Waals surface area contributed by atoms with Crippen molar-refractivity contribution in [1.29, 1.82) is 0 Å². The van der Waals surface area contributed by atoms with Crippen LogP contribution in [0.25, 0.3) is 0 Å². The van der Waals surface area contributed by atoms with Gasteiger partial charge in [-0.2, -0.15) is 0 Å². The molecule has 1 fully saturated rings. The van der Waals surface area contributed by atoms with Crippen molar-refractivity contribution < 1.29 is 0 Å². The first-order chi connectivity index (χ1) is 9.19. The van der Waals surface area contributed by atoms with Crippen LogP contribution in [0.1, 0.15) is 25.5 Å². The van der Waals surface area contributed by atoms with E-state index in [-0.39, 0.29) is 0 Å². The highest BCUT2D eigenvalue weighted by Gasteiger charge is 2.13. The minimum atomic E-state index is 0.454. The van der Waals surface area contributed by atoms with E-state index >= 15 is 0 Å². The van der Waals surface area contributed by atoms with Gasteiger partial charge in [0.25, 0.3) is 0 Å². The fourth-order valence-corrected chi connectivity index (χ4v) is 2.61. The standard InChI is InChI=1S/C15H28N4/c1-4-16-14(2)15-5-6-19(13-15)12-11-18-9-7-17(3)8-10-18/h5-6,13-14,16H,4,7-12H2,1-3H3. The van der Waals surface area contributed by atoms with Crippen LogP contribution in [-0.2, 0) is 6.54 Å². The summed E-state index contributed by atoms with van der Waals surface area (Å²) >= 11 is 0. The highest BCUT2D eigenvalue weighted by Crippen LogP contribution is 2.12. The maximum atomic E-state index is 3.46. The van der Waals surface area contributed by atoms with Crippen LogP contribution in [0.15, 0.2) is 18.5 Å². The van der Waals surface area contributed by atoms with Crippen molar-refractivity contribution in [2.45, 2.75) is 26.4 Å². The topological polar surface area (TPSA) is 23.4 Å². The number of hydrogen-bond donors (Lipinski definition) is 1. The molecule has 2 heterocycles. The van der Waals surface area contributed by atoms with Gasteiger partial charge >= 0.3 is 0 Å². The molecule has 1 unspecified atom stereocenters. The quantitative estimate of drug-likeness (QED) is 0.840. The van der Waals surface area contributed by atoms with Crippen LogP contribution < -0.4 is 5.32 Å². The molecule has 2 rings (SSSR count). The monoisotopic (exact) mass is 264 g/mol. The highest BCUT2D eigenvalue weighted by molar-refractivity contribution is 5.14. The molecule has 1 aliphatic heterocycles. The minimum absolute atomic E-state index is 0.454. The van der Waals surface area contributed by atoms with Crippen LogP contribution in [-0.4, -0.2) is 60.7 Å². The van der Waals surface area contributed by atoms with Gasteiger partial charge in [0, 0.05) is 57.7 Å². The molecule has 1 aromatic rings. The molecule has 1 aromatic heterocycles. The first kappa shape index (κ1) is 14.6. The van der Waals surface area contributed by atoms with Gasteiger partial charge in [0.1, 0.15) is 0 Å². The summed E-state index contributed by atoms with van der Waals surface area (Å²) in [5.74, 6) is 0. The Morgan fingerprint density at radius 1 is 1.21 bits per heavy atom. The van der Waals surface area contributed by atoms with Gasteiger partial charge in [-0.1, -0.05) is 6.92 Å². The number of nitrogens with one attached hydrogen (secondary N) is 1. The van der Waals surface area contributed by atoms with E-state index in [2.05, 4.69) is 59.0 Å². The van der Waals surface area contributed by atoms with E-state index in [0.717, 1.165) is 19.6 Å². The fraction of sp³-hybridized carbons (Fsp3) is 0.733. The first-order valence-electron chi connectivity index (χ1n) is 7.49. The average Bonchev–Trinajstić information content (AvgIpc) is 2.87. The number of likely N-dealkylation sites (N-methyl/N-ethyl adjacent to an activating group) is 1. The Kier molecular flexibility index (Phi) is 5.43. The zero-order valence-electron chi connectivity index (χ0n) is 12.6. The predicted molar refractivity (Wildman–Crippen MR) is 80.5 cm³/mol. The van der Waals surface area contributed by atoms with Crippen molar-refractivity contribution in [3.63, 3.8) is 0 Å². The molecule has 1 aliphatic rings. The van der Waals surface area contributed by atoms with Crippen LogP contribution in [0.4, 0.5) is 0 Å². The molecule has 19 heavy (non-hydrogen) atoms. The fourth-order valence-electron chi connectivity index (χ4n) is 2.61. The lowest BCUT2D eigenvalue weighted by Gasteiger charge is -2.32. The van der Waals surface area contributed by atoms with Crippen molar-refractivity contribution in [3.8, 4) is 0 Å². The van der Waals surface area contributed by atoms with E-state index in [1.165, 1.54) is 31.7 Å². The Morgan fingerprint density at radius 3 is 2.63 bits per heavy atom. The van der Waals surface area contributed by atoms with Crippen LogP contribution >= 0.6 is 0 Å². The third-order valence-corrected chi connectivity index (χ3v) is 4.05. The SMILES string of the molecule is CCNC(C)c1ccn(CCN2CCN(C)CC2)c1. The Hall–Kier alpha value is -0.840. The molecule has 4 nitrogen and oxygen atoms in total. The summed E-state index contributed by atoms with van der Waals surface area (Å²) < 4.78 is 2.32. The van der Waals surface area contributed by atoms with E-state index in [9.17, 15) is 0 Å². The third kappa shape index (κ3) is 4.34. The lowest BCUT2D eigenvalue weighted by atomic mass is 10.2. The van der Waals surface area contributed by atoms with Crippen molar-refractivity contribution in [2.75, 3.05) is 46.3 Å². The van der Waals surface area contributed by atoms with Gasteiger partial charge in [0.15, 0.2) is 0 Å². The Bertz CT molecular complexity index is 366. The molecular formula is C15H28N4. The van der Waals surface area contributed by atoms with Gasteiger partial charge in [0.05, 0.1) is 0 Å². The molecule has 0 bridgehead atoms. The summed E-state index contributed by atoms with van der Waals surface area (Å²) in [6.07, 6.45) is 4.49. The molecule has 0 aliphatic carbocycles. The van der Waals surface area contributed by atoms with Crippen molar-refractivity contribution in [1.82, 2.24) is 19.7 Å². The van der Waals surface area contributed by atoms with Gasteiger partial charge in [-0.05, 0) is 32.1 Å². The van der Waals surface area contributed by atoms with Crippen LogP contribution in [0.5, 0.6) is 0 Å².